The maximum Gasteiger partial charge on any atom is 0.257 e. The van der Waals surface area contributed by atoms with Crippen LogP contribution < -0.4 is 15.4 Å². The third-order valence-electron chi connectivity index (χ3n) is 4.95. The molecule has 0 aliphatic carbocycles. The van der Waals surface area contributed by atoms with Gasteiger partial charge in [0.1, 0.15) is 5.75 Å². The summed E-state index contributed by atoms with van der Waals surface area (Å²) in [4.78, 5) is 27.0. The molecule has 170 valence electrons. The van der Waals surface area contributed by atoms with Crippen LogP contribution in [0.2, 0.25) is 0 Å². The Labute approximate surface area is 194 Å². The predicted octanol–water partition coefficient (Wildman–Crippen LogP) is 3.71. The topological polar surface area (TPSA) is 79.9 Å². The molecule has 0 bridgehead atoms. The molecule has 1 fully saturated rings. The van der Waals surface area contributed by atoms with Crippen molar-refractivity contribution in [2.75, 3.05) is 38.2 Å². The van der Waals surface area contributed by atoms with Crippen LogP contribution in [0.4, 0.5) is 5.69 Å². The van der Waals surface area contributed by atoms with Crippen molar-refractivity contribution >= 4 is 34.8 Å². The van der Waals surface area contributed by atoms with Crippen molar-refractivity contribution in [3.05, 3.63) is 59.7 Å². The molecule has 0 spiro atoms. The molecule has 1 aliphatic heterocycles. The highest BCUT2D eigenvalue weighted by Crippen LogP contribution is 2.16. The molecule has 0 saturated carbocycles. The van der Waals surface area contributed by atoms with Crippen molar-refractivity contribution in [1.29, 1.82) is 0 Å². The Morgan fingerprint density at radius 3 is 2.56 bits per heavy atom. The normalized spacial score (nSPS) is 13.5. The Morgan fingerprint density at radius 2 is 1.81 bits per heavy atom. The van der Waals surface area contributed by atoms with Gasteiger partial charge in [0.25, 0.3) is 11.8 Å². The first-order valence-electron chi connectivity index (χ1n) is 10.7. The highest BCUT2D eigenvalue weighted by atomic mass is 32.1. The molecule has 2 aromatic carbocycles. The second kappa shape index (κ2) is 11.6. The van der Waals surface area contributed by atoms with Gasteiger partial charge in [-0.15, -0.1) is 0 Å². The van der Waals surface area contributed by atoms with E-state index in [0.29, 0.717) is 61.4 Å². The van der Waals surface area contributed by atoms with Crippen LogP contribution in [0, 0.1) is 5.92 Å². The summed E-state index contributed by atoms with van der Waals surface area (Å²) in [6.07, 6.45) is 0.942. The first-order valence-corrected chi connectivity index (χ1v) is 11.2. The second-order valence-electron chi connectivity index (χ2n) is 7.95. The quantitative estimate of drug-likeness (QED) is 0.620. The van der Waals surface area contributed by atoms with E-state index in [9.17, 15) is 9.59 Å². The highest BCUT2D eigenvalue weighted by Gasteiger charge is 2.19. The number of nitrogens with one attached hydrogen (secondary N) is 2. The molecule has 0 radical (unpaired) electrons. The molecular weight excluding hydrogens is 426 g/mol. The van der Waals surface area contributed by atoms with Crippen LogP contribution in [0.5, 0.6) is 5.75 Å². The van der Waals surface area contributed by atoms with E-state index in [-0.39, 0.29) is 16.9 Å². The first kappa shape index (κ1) is 23.7. The molecule has 1 heterocycles. The number of ether oxygens (including phenoxy) is 2. The molecule has 2 amide bonds. The van der Waals surface area contributed by atoms with Crippen molar-refractivity contribution in [3.8, 4) is 5.75 Å². The van der Waals surface area contributed by atoms with Gasteiger partial charge in [0.05, 0.1) is 19.8 Å². The Bertz CT molecular complexity index is 958. The van der Waals surface area contributed by atoms with E-state index in [1.54, 1.807) is 47.4 Å². The number of morpholine rings is 1. The van der Waals surface area contributed by atoms with E-state index >= 15 is 0 Å². The van der Waals surface area contributed by atoms with Crippen LogP contribution in [-0.4, -0.2) is 54.7 Å². The molecule has 1 aliphatic rings. The molecule has 2 N–H and O–H groups in total. The van der Waals surface area contributed by atoms with Gasteiger partial charge >= 0.3 is 0 Å². The summed E-state index contributed by atoms with van der Waals surface area (Å²) in [6.45, 7) is 7.11. The van der Waals surface area contributed by atoms with Crippen molar-refractivity contribution in [3.63, 3.8) is 0 Å². The second-order valence-corrected chi connectivity index (χ2v) is 8.36. The molecule has 2 aromatic rings. The molecular formula is C24H29N3O4S. The lowest BCUT2D eigenvalue weighted by molar-refractivity contribution is 0.0303. The maximum absolute atomic E-state index is 12.7. The number of anilines is 1. The Balaban J connectivity index is 1.56. The van der Waals surface area contributed by atoms with Crippen LogP contribution in [0.25, 0.3) is 0 Å². The smallest absolute Gasteiger partial charge is 0.257 e. The van der Waals surface area contributed by atoms with Gasteiger partial charge in [0.2, 0.25) is 0 Å². The highest BCUT2D eigenvalue weighted by molar-refractivity contribution is 7.80. The molecule has 7 nitrogen and oxygen atoms in total. The largest absolute Gasteiger partial charge is 0.494 e. The zero-order chi connectivity index (χ0) is 22.9. The summed E-state index contributed by atoms with van der Waals surface area (Å²) in [5, 5.41) is 5.80. The van der Waals surface area contributed by atoms with Crippen molar-refractivity contribution in [2.24, 2.45) is 5.92 Å². The molecule has 0 atom stereocenters. The summed E-state index contributed by atoms with van der Waals surface area (Å²) >= 11 is 5.29. The third-order valence-corrected chi connectivity index (χ3v) is 5.16. The molecule has 32 heavy (non-hydrogen) atoms. The molecule has 1 saturated heterocycles. The van der Waals surface area contributed by atoms with Gasteiger partial charge in [-0.25, -0.2) is 0 Å². The summed E-state index contributed by atoms with van der Waals surface area (Å²) in [5.41, 5.74) is 1.63. The Hall–Kier alpha value is -2.97. The standard InChI is InChI=1S/C24H29N3O4S/c1-17(2)9-12-31-21-8-4-5-18(16-21)22(28)26-24(32)25-20-7-3-6-19(15-20)23(29)27-10-13-30-14-11-27/h3-8,15-17H,9-14H2,1-2H3,(H2,25,26,28,32). The van der Waals surface area contributed by atoms with E-state index < -0.39 is 0 Å². The number of carbonyl (C=O) groups excluding carboxylic acids is 2. The fourth-order valence-corrected chi connectivity index (χ4v) is 3.37. The van der Waals surface area contributed by atoms with Gasteiger partial charge < -0.3 is 19.7 Å². The average Bonchev–Trinajstić information content (AvgIpc) is 2.79. The minimum Gasteiger partial charge on any atom is -0.494 e. The number of hydrogen-bond acceptors (Lipinski definition) is 5. The Morgan fingerprint density at radius 1 is 1.09 bits per heavy atom. The summed E-state index contributed by atoms with van der Waals surface area (Å²) in [7, 11) is 0. The summed E-state index contributed by atoms with van der Waals surface area (Å²) in [6, 6.07) is 14.0. The number of amides is 2. The summed E-state index contributed by atoms with van der Waals surface area (Å²) in [5.74, 6) is 0.803. The molecule has 0 aromatic heterocycles. The number of nitrogens with zero attached hydrogens (tertiary/aromatic N) is 1. The van der Waals surface area contributed by atoms with E-state index in [0.717, 1.165) is 6.42 Å². The van der Waals surface area contributed by atoms with Crippen molar-refractivity contribution in [2.45, 2.75) is 20.3 Å². The van der Waals surface area contributed by atoms with Gasteiger partial charge in [-0.05, 0) is 61.0 Å². The SMILES string of the molecule is CC(C)CCOc1cccc(C(=O)NC(=S)Nc2cccc(C(=O)N3CCOCC3)c2)c1. The van der Waals surface area contributed by atoms with E-state index in [1.807, 2.05) is 6.07 Å². The van der Waals surface area contributed by atoms with Gasteiger partial charge in [-0.2, -0.15) is 0 Å². The fraction of sp³-hybridized carbons (Fsp3) is 0.375. The number of carbonyl (C=O) groups is 2. The Kier molecular flexibility index (Phi) is 8.58. The van der Waals surface area contributed by atoms with Gasteiger partial charge in [-0.1, -0.05) is 26.0 Å². The van der Waals surface area contributed by atoms with Gasteiger partial charge in [0.15, 0.2) is 5.11 Å². The minimum absolute atomic E-state index is 0.0545. The van der Waals surface area contributed by atoms with E-state index in [1.165, 1.54) is 0 Å². The molecule has 8 heteroatoms. The lowest BCUT2D eigenvalue weighted by atomic mass is 10.1. The molecule has 0 unspecified atom stereocenters. The van der Waals surface area contributed by atoms with E-state index in [4.69, 9.17) is 21.7 Å². The van der Waals surface area contributed by atoms with Gasteiger partial charge in [-0.3, -0.25) is 14.9 Å². The number of rotatable bonds is 7. The fourth-order valence-electron chi connectivity index (χ4n) is 3.16. The number of thiocarbonyl (C=S) groups is 1. The van der Waals surface area contributed by atoms with Crippen LogP contribution in [0.15, 0.2) is 48.5 Å². The monoisotopic (exact) mass is 455 g/mol. The first-order chi connectivity index (χ1) is 15.4. The molecule has 3 rings (SSSR count). The van der Waals surface area contributed by atoms with Crippen LogP contribution in [-0.2, 0) is 4.74 Å². The van der Waals surface area contributed by atoms with E-state index in [2.05, 4.69) is 24.5 Å². The lowest BCUT2D eigenvalue weighted by Crippen LogP contribution is -2.40. The van der Waals surface area contributed by atoms with Crippen LogP contribution >= 0.6 is 12.2 Å². The van der Waals surface area contributed by atoms with Crippen molar-refractivity contribution < 1.29 is 19.1 Å². The third kappa shape index (κ3) is 7.03. The maximum atomic E-state index is 12.7. The lowest BCUT2D eigenvalue weighted by Gasteiger charge is -2.27. The average molecular weight is 456 g/mol. The zero-order valence-electron chi connectivity index (χ0n) is 18.4. The predicted molar refractivity (Wildman–Crippen MR) is 128 cm³/mol. The van der Waals surface area contributed by atoms with Gasteiger partial charge in [0, 0.05) is 29.9 Å². The van der Waals surface area contributed by atoms with Crippen LogP contribution in [0.1, 0.15) is 41.0 Å². The summed E-state index contributed by atoms with van der Waals surface area (Å²) < 4.78 is 11.0. The minimum atomic E-state index is -0.336. The van der Waals surface area contributed by atoms with Crippen molar-refractivity contribution in [1.82, 2.24) is 10.2 Å². The number of benzene rings is 2. The zero-order valence-corrected chi connectivity index (χ0v) is 19.2. The number of hydrogen-bond donors (Lipinski definition) is 2. The van der Waals surface area contributed by atoms with Crippen LogP contribution in [0.3, 0.4) is 0 Å².